The van der Waals surface area contributed by atoms with Crippen LogP contribution in [0.4, 0.5) is 0 Å². The molecule has 2 heterocycles. The van der Waals surface area contributed by atoms with Crippen molar-refractivity contribution in [2.24, 2.45) is 7.05 Å². The first-order valence-electron chi connectivity index (χ1n) is 6.73. The molecule has 4 heteroatoms. The van der Waals surface area contributed by atoms with Crippen LogP contribution in [0, 0.1) is 0 Å². The number of aromatic nitrogens is 1. The average Bonchev–Trinajstić information content (AvgIpc) is 2.97. The lowest BCUT2D eigenvalue weighted by Crippen LogP contribution is -2.29. The maximum absolute atomic E-state index is 11.5. The van der Waals surface area contributed by atoms with Crippen molar-refractivity contribution in [3.63, 3.8) is 0 Å². The molecule has 0 fully saturated rings. The number of nitrogens with zero attached hydrogens (tertiary/aromatic N) is 2. The first-order valence-corrected chi connectivity index (χ1v) is 6.73. The van der Waals surface area contributed by atoms with Gasteiger partial charge in [-0.3, -0.25) is 14.5 Å². The number of hydrogen-bond donors (Lipinski definition) is 0. The van der Waals surface area contributed by atoms with Gasteiger partial charge in [0.25, 0.3) is 11.8 Å². The Kier molecular flexibility index (Phi) is 4.03. The molecule has 0 radical (unpaired) electrons. The maximum atomic E-state index is 11.5. The normalized spacial score (nSPS) is 13.8. The van der Waals surface area contributed by atoms with E-state index in [4.69, 9.17) is 0 Å². The number of carbonyl (C=O) groups excluding carboxylic acids is 2. The number of carbonyl (C=O) groups is 2. The van der Waals surface area contributed by atoms with Crippen molar-refractivity contribution in [3.8, 4) is 0 Å². The molecular weight excluding hydrogens is 252 g/mol. The summed E-state index contributed by atoms with van der Waals surface area (Å²) in [4.78, 5) is 24.3. The van der Waals surface area contributed by atoms with Crippen LogP contribution in [0.25, 0.3) is 10.9 Å². The Labute approximate surface area is 118 Å². The number of para-hydroxylation sites is 1. The van der Waals surface area contributed by atoms with E-state index in [-0.39, 0.29) is 11.8 Å². The van der Waals surface area contributed by atoms with Gasteiger partial charge in [-0.25, -0.2) is 0 Å². The zero-order chi connectivity index (χ0) is 14.7. The van der Waals surface area contributed by atoms with Crippen LogP contribution in [0.15, 0.2) is 42.6 Å². The molecule has 0 unspecified atom stereocenters. The number of fused-ring (bicyclic) bond motifs is 1. The Morgan fingerprint density at radius 2 is 1.60 bits per heavy atom. The van der Waals surface area contributed by atoms with Gasteiger partial charge in [0.1, 0.15) is 0 Å². The molecule has 1 aromatic heterocycles. The van der Waals surface area contributed by atoms with Gasteiger partial charge in [-0.2, -0.15) is 0 Å². The molecule has 3 rings (SSSR count). The molecule has 1 aliphatic heterocycles. The molecule has 0 atom stereocenters. The van der Waals surface area contributed by atoms with Crippen LogP contribution < -0.4 is 0 Å². The number of amides is 2. The highest BCUT2D eigenvalue weighted by Crippen LogP contribution is 2.22. The third-order valence-corrected chi connectivity index (χ3v) is 3.21. The highest BCUT2D eigenvalue weighted by Gasteiger charge is 2.24. The van der Waals surface area contributed by atoms with Crippen molar-refractivity contribution in [2.75, 3.05) is 0 Å². The van der Waals surface area contributed by atoms with Crippen molar-refractivity contribution in [1.29, 1.82) is 0 Å². The maximum Gasteiger partial charge on any atom is 0.253 e. The monoisotopic (exact) mass is 270 g/mol. The number of benzene rings is 1. The molecule has 1 aliphatic rings. The molecule has 20 heavy (non-hydrogen) atoms. The fourth-order valence-electron chi connectivity index (χ4n) is 2.31. The topological polar surface area (TPSA) is 42.3 Å². The molecule has 2 aromatic rings. The number of hydrogen-bond acceptors (Lipinski definition) is 2. The lowest BCUT2D eigenvalue weighted by atomic mass is 10.1. The summed E-state index contributed by atoms with van der Waals surface area (Å²) in [6, 6.07) is 7.95. The largest absolute Gasteiger partial charge is 0.350 e. The quantitative estimate of drug-likeness (QED) is 0.787. The standard InChI is InChI=1S/C14H12N2O2.C2H6/c1-15-8-10(11-4-2-3-5-12(11)15)9-16-13(17)6-7-14(16)18;1-2/h2-8H,9H2,1H3;1-2H3. The van der Waals surface area contributed by atoms with E-state index in [0.29, 0.717) is 6.54 Å². The summed E-state index contributed by atoms with van der Waals surface area (Å²) in [6.45, 7) is 4.33. The Balaban J connectivity index is 0.000000704. The Morgan fingerprint density at radius 3 is 2.25 bits per heavy atom. The molecule has 0 spiro atoms. The highest BCUT2D eigenvalue weighted by atomic mass is 16.2. The number of rotatable bonds is 2. The van der Waals surface area contributed by atoms with Crippen LogP contribution in [-0.2, 0) is 23.2 Å². The summed E-state index contributed by atoms with van der Waals surface area (Å²) in [6.07, 6.45) is 4.59. The van der Waals surface area contributed by atoms with Crippen LogP contribution in [0.2, 0.25) is 0 Å². The summed E-state index contributed by atoms with van der Waals surface area (Å²) < 4.78 is 2.00. The van der Waals surface area contributed by atoms with Crippen molar-refractivity contribution in [1.82, 2.24) is 9.47 Å². The van der Waals surface area contributed by atoms with Crippen molar-refractivity contribution in [3.05, 3.63) is 48.2 Å². The molecule has 104 valence electrons. The molecule has 0 bridgehead atoms. The highest BCUT2D eigenvalue weighted by molar-refractivity contribution is 6.12. The Morgan fingerprint density at radius 1 is 1.00 bits per heavy atom. The molecule has 1 aromatic carbocycles. The van der Waals surface area contributed by atoms with Crippen LogP contribution >= 0.6 is 0 Å². The van der Waals surface area contributed by atoms with E-state index < -0.39 is 0 Å². The van der Waals surface area contributed by atoms with E-state index in [1.165, 1.54) is 17.1 Å². The summed E-state index contributed by atoms with van der Waals surface area (Å²) in [5, 5.41) is 1.08. The van der Waals surface area contributed by atoms with E-state index in [1.807, 2.05) is 55.9 Å². The SMILES string of the molecule is CC.Cn1cc(CN2C(=O)C=CC2=O)c2ccccc21. The van der Waals surface area contributed by atoms with Crippen LogP contribution in [0.3, 0.4) is 0 Å². The molecule has 2 amide bonds. The van der Waals surface area contributed by atoms with E-state index in [0.717, 1.165) is 16.5 Å². The molecule has 4 nitrogen and oxygen atoms in total. The van der Waals surface area contributed by atoms with Crippen molar-refractivity contribution < 1.29 is 9.59 Å². The van der Waals surface area contributed by atoms with Crippen molar-refractivity contribution >= 4 is 22.7 Å². The van der Waals surface area contributed by atoms with Gasteiger partial charge in [-0.1, -0.05) is 32.0 Å². The predicted octanol–water partition coefficient (Wildman–Crippen LogP) is 2.63. The molecule has 0 saturated heterocycles. The number of aryl methyl sites for hydroxylation is 1. The van der Waals surface area contributed by atoms with Gasteiger partial charge in [-0.15, -0.1) is 0 Å². The minimum atomic E-state index is -0.243. The second kappa shape index (κ2) is 5.74. The summed E-state index contributed by atoms with van der Waals surface area (Å²) >= 11 is 0. The fraction of sp³-hybridized carbons (Fsp3) is 0.250. The van der Waals surface area contributed by atoms with Crippen molar-refractivity contribution in [2.45, 2.75) is 20.4 Å². The van der Waals surface area contributed by atoms with E-state index >= 15 is 0 Å². The summed E-state index contributed by atoms with van der Waals surface area (Å²) in [7, 11) is 1.96. The second-order valence-corrected chi connectivity index (χ2v) is 4.38. The van der Waals surface area contributed by atoms with Gasteiger partial charge >= 0.3 is 0 Å². The molecule has 0 N–H and O–H groups in total. The zero-order valence-corrected chi connectivity index (χ0v) is 12.0. The summed E-state index contributed by atoms with van der Waals surface area (Å²) in [5.41, 5.74) is 2.08. The lowest BCUT2D eigenvalue weighted by Gasteiger charge is -2.12. The van der Waals surface area contributed by atoms with E-state index in [1.54, 1.807) is 0 Å². The zero-order valence-electron chi connectivity index (χ0n) is 12.0. The summed E-state index contributed by atoms with van der Waals surface area (Å²) in [5.74, 6) is -0.485. The van der Waals surface area contributed by atoms with E-state index in [9.17, 15) is 9.59 Å². The minimum absolute atomic E-state index is 0.243. The third kappa shape index (κ3) is 2.37. The number of imide groups is 1. The van der Waals surface area contributed by atoms with Gasteiger partial charge in [0, 0.05) is 36.3 Å². The third-order valence-electron chi connectivity index (χ3n) is 3.21. The fourth-order valence-corrected chi connectivity index (χ4v) is 2.31. The Bertz CT molecular complexity index is 665. The smallest absolute Gasteiger partial charge is 0.253 e. The van der Waals surface area contributed by atoms with Gasteiger partial charge in [-0.05, 0) is 11.6 Å². The molecule has 0 aliphatic carbocycles. The lowest BCUT2D eigenvalue weighted by molar-refractivity contribution is -0.137. The van der Waals surface area contributed by atoms with Gasteiger partial charge in [0.15, 0.2) is 0 Å². The van der Waals surface area contributed by atoms with Crippen LogP contribution in [-0.4, -0.2) is 21.3 Å². The van der Waals surface area contributed by atoms with Crippen LogP contribution in [0.5, 0.6) is 0 Å². The van der Waals surface area contributed by atoms with E-state index in [2.05, 4.69) is 0 Å². The first-order chi connectivity index (χ1) is 9.66. The molecular formula is C16H18N2O2. The first kappa shape index (κ1) is 14.1. The van der Waals surface area contributed by atoms with Gasteiger partial charge < -0.3 is 4.57 Å². The minimum Gasteiger partial charge on any atom is -0.350 e. The van der Waals surface area contributed by atoms with Gasteiger partial charge in [0.05, 0.1) is 6.54 Å². The van der Waals surface area contributed by atoms with Crippen LogP contribution in [0.1, 0.15) is 19.4 Å². The second-order valence-electron chi connectivity index (χ2n) is 4.38. The Hall–Kier alpha value is -2.36. The molecule has 0 saturated carbocycles. The average molecular weight is 270 g/mol. The predicted molar refractivity (Wildman–Crippen MR) is 79.0 cm³/mol. The van der Waals surface area contributed by atoms with Gasteiger partial charge in [0.2, 0.25) is 0 Å².